The number of benzene rings is 1. The molecule has 1 aromatic rings. The van der Waals surface area contributed by atoms with Crippen molar-refractivity contribution in [1.82, 2.24) is 5.32 Å². The standard InChI is InChI=1S/C12H14BrClN2O/c1-12(5-2-6-15-12)11(17)16-10-4-3-8(13)7-9(10)14/h3-4,7,15H,2,5-6H2,1H3,(H,16,17). The largest absolute Gasteiger partial charge is 0.323 e. The molecule has 1 heterocycles. The minimum Gasteiger partial charge on any atom is -0.323 e. The van der Waals surface area contributed by atoms with Crippen molar-refractivity contribution in [3.63, 3.8) is 0 Å². The Balaban J connectivity index is 2.13. The first-order chi connectivity index (χ1) is 8.01. The van der Waals surface area contributed by atoms with Gasteiger partial charge in [-0.3, -0.25) is 4.79 Å². The van der Waals surface area contributed by atoms with E-state index in [1.165, 1.54) is 0 Å². The Morgan fingerprint density at radius 1 is 1.59 bits per heavy atom. The first-order valence-corrected chi connectivity index (χ1v) is 6.70. The number of nitrogens with one attached hydrogen (secondary N) is 2. The van der Waals surface area contributed by atoms with Gasteiger partial charge < -0.3 is 10.6 Å². The van der Waals surface area contributed by atoms with Crippen LogP contribution in [0.2, 0.25) is 5.02 Å². The molecule has 2 rings (SSSR count). The summed E-state index contributed by atoms with van der Waals surface area (Å²) in [5.41, 5.74) is 0.172. The van der Waals surface area contributed by atoms with Crippen LogP contribution in [-0.4, -0.2) is 18.0 Å². The number of hydrogen-bond acceptors (Lipinski definition) is 2. The molecule has 1 aromatic carbocycles. The van der Waals surface area contributed by atoms with Gasteiger partial charge in [0.1, 0.15) is 0 Å². The Hall–Kier alpha value is -0.580. The Labute approximate surface area is 114 Å². The molecule has 1 atom stereocenters. The Bertz CT molecular complexity index is 444. The van der Waals surface area contributed by atoms with Gasteiger partial charge in [0.15, 0.2) is 0 Å². The zero-order valence-corrected chi connectivity index (χ0v) is 11.9. The normalized spacial score (nSPS) is 23.7. The summed E-state index contributed by atoms with van der Waals surface area (Å²) in [7, 11) is 0. The highest BCUT2D eigenvalue weighted by Crippen LogP contribution is 2.27. The van der Waals surface area contributed by atoms with Crippen molar-refractivity contribution in [3.8, 4) is 0 Å². The fraction of sp³-hybridized carbons (Fsp3) is 0.417. The van der Waals surface area contributed by atoms with Crippen LogP contribution in [0.4, 0.5) is 5.69 Å². The fourth-order valence-corrected chi connectivity index (χ4v) is 2.66. The Kier molecular flexibility index (Phi) is 3.76. The molecule has 2 N–H and O–H groups in total. The summed E-state index contributed by atoms with van der Waals surface area (Å²) in [6.07, 6.45) is 1.88. The smallest absolute Gasteiger partial charge is 0.244 e. The number of anilines is 1. The van der Waals surface area contributed by atoms with Gasteiger partial charge >= 0.3 is 0 Å². The molecule has 0 saturated carbocycles. The van der Waals surface area contributed by atoms with E-state index in [1.807, 2.05) is 13.0 Å². The molecule has 0 spiro atoms. The molecule has 92 valence electrons. The van der Waals surface area contributed by atoms with E-state index in [2.05, 4.69) is 26.6 Å². The van der Waals surface area contributed by atoms with Gasteiger partial charge in [-0.1, -0.05) is 27.5 Å². The van der Waals surface area contributed by atoms with Gasteiger partial charge in [0, 0.05) is 4.47 Å². The summed E-state index contributed by atoms with van der Waals surface area (Å²) < 4.78 is 0.894. The van der Waals surface area contributed by atoms with Gasteiger partial charge in [-0.25, -0.2) is 0 Å². The maximum absolute atomic E-state index is 12.1. The minimum absolute atomic E-state index is 0.0285. The van der Waals surface area contributed by atoms with Crippen molar-refractivity contribution in [1.29, 1.82) is 0 Å². The lowest BCUT2D eigenvalue weighted by Crippen LogP contribution is -2.48. The number of rotatable bonds is 2. The molecule has 1 amide bonds. The number of amides is 1. The number of hydrogen-bond donors (Lipinski definition) is 2. The zero-order valence-electron chi connectivity index (χ0n) is 9.52. The SMILES string of the molecule is CC1(C(=O)Nc2ccc(Br)cc2Cl)CCCN1. The molecule has 5 heteroatoms. The van der Waals surface area contributed by atoms with Crippen molar-refractivity contribution >= 4 is 39.1 Å². The van der Waals surface area contributed by atoms with Gasteiger partial charge in [-0.05, 0) is 44.5 Å². The van der Waals surface area contributed by atoms with Crippen LogP contribution in [0.3, 0.4) is 0 Å². The molecule has 1 unspecified atom stereocenters. The van der Waals surface area contributed by atoms with E-state index >= 15 is 0 Å². The van der Waals surface area contributed by atoms with Crippen LogP contribution in [-0.2, 0) is 4.79 Å². The average molecular weight is 318 g/mol. The monoisotopic (exact) mass is 316 g/mol. The molecule has 17 heavy (non-hydrogen) atoms. The molecule has 1 saturated heterocycles. The Morgan fingerprint density at radius 2 is 2.35 bits per heavy atom. The van der Waals surface area contributed by atoms with Gasteiger partial charge in [0.05, 0.1) is 16.2 Å². The molecular weight excluding hydrogens is 304 g/mol. The first kappa shape index (κ1) is 12.9. The van der Waals surface area contributed by atoms with Crippen LogP contribution in [0.15, 0.2) is 22.7 Å². The predicted molar refractivity (Wildman–Crippen MR) is 73.4 cm³/mol. The summed E-state index contributed by atoms with van der Waals surface area (Å²) in [5, 5.41) is 6.62. The summed E-state index contributed by atoms with van der Waals surface area (Å²) in [4.78, 5) is 12.1. The lowest BCUT2D eigenvalue weighted by molar-refractivity contribution is -0.121. The van der Waals surface area contributed by atoms with Crippen molar-refractivity contribution < 1.29 is 4.79 Å². The van der Waals surface area contributed by atoms with E-state index in [9.17, 15) is 4.79 Å². The predicted octanol–water partition coefficient (Wildman–Crippen LogP) is 3.18. The molecule has 0 radical (unpaired) electrons. The molecule has 1 aliphatic rings. The lowest BCUT2D eigenvalue weighted by Gasteiger charge is -2.23. The van der Waals surface area contributed by atoms with Crippen LogP contribution < -0.4 is 10.6 Å². The van der Waals surface area contributed by atoms with Crippen molar-refractivity contribution in [2.75, 3.05) is 11.9 Å². The summed E-state index contributed by atoms with van der Waals surface area (Å²) in [5.74, 6) is -0.0285. The molecule has 0 bridgehead atoms. The second-order valence-corrected chi connectivity index (χ2v) is 5.76. The number of carbonyl (C=O) groups excluding carboxylic acids is 1. The first-order valence-electron chi connectivity index (χ1n) is 5.53. The maximum Gasteiger partial charge on any atom is 0.244 e. The number of halogens is 2. The average Bonchev–Trinajstić information content (AvgIpc) is 2.71. The highest BCUT2D eigenvalue weighted by atomic mass is 79.9. The highest BCUT2D eigenvalue weighted by molar-refractivity contribution is 9.10. The summed E-state index contributed by atoms with van der Waals surface area (Å²) >= 11 is 9.39. The third kappa shape index (κ3) is 2.81. The molecular formula is C12H14BrClN2O. The van der Waals surface area contributed by atoms with E-state index in [0.29, 0.717) is 10.7 Å². The Morgan fingerprint density at radius 3 is 2.94 bits per heavy atom. The van der Waals surface area contributed by atoms with Crippen molar-refractivity contribution in [2.45, 2.75) is 25.3 Å². The van der Waals surface area contributed by atoms with Gasteiger partial charge in [0.25, 0.3) is 0 Å². The van der Waals surface area contributed by atoms with E-state index in [1.54, 1.807) is 12.1 Å². The van der Waals surface area contributed by atoms with E-state index < -0.39 is 5.54 Å². The van der Waals surface area contributed by atoms with Gasteiger partial charge in [-0.15, -0.1) is 0 Å². The maximum atomic E-state index is 12.1. The molecule has 0 aliphatic carbocycles. The fourth-order valence-electron chi connectivity index (χ4n) is 1.94. The van der Waals surface area contributed by atoms with Crippen LogP contribution in [0.25, 0.3) is 0 Å². The second-order valence-electron chi connectivity index (χ2n) is 4.44. The molecule has 3 nitrogen and oxygen atoms in total. The van der Waals surface area contributed by atoms with E-state index in [4.69, 9.17) is 11.6 Å². The summed E-state index contributed by atoms with van der Waals surface area (Å²) in [6.45, 7) is 2.81. The number of carbonyl (C=O) groups is 1. The quantitative estimate of drug-likeness (QED) is 0.879. The molecule has 1 fully saturated rings. The van der Waals surface area contributed by atoms with Crippen molar-refractivity contribution in [3.05, 3.63) is 27.7 Å². The van der Waals surface area contributed by atoms with E-state index in [-0.39, 0.29) is 5.91 Å². The summed E-state index contributed by atoms with van der Waals surface area (Å²) in [6, 6.07) is 5.41. The van der Waals surface area contributed by atoms with E-state index in [0.717, 1.165) is 23.9 Å². The molecule has 0 aromatic heterocycles. The zero-order chi connectivity index (χ0) is 12.5. The van der Waals surface area contributed by atoms with Gasteiger partial charge in [0.2, 0.25) is 5.91 Å². The third-order valence-electron chi connectivity index (χ3n) is 3.05. The van der Waals surface area contributed by atoms with Crippen LogP contribution >= 0.6 is 27.5 Å². The van der Waals surface area contributed by atoms with Crippen molar-refractivity contribution in [2.24, 2.45) is 0 Å². The highest BCUT2D eigenvalue weighted by Gasteiger charge is 2.35. The topological polar surface area (TPSA) is 41.1 Å². The van der Waals surface area contributed by atoms with Crippen LogP contribution in [0.1, 0.15) is 19.8 Å². The lowest BCUT2D eigenvalue weighted by atomic mass is 9.99. The second kappa shape index (κ2) is 4.96. The minimum atomic E-state index is -0.476. The van der Waals surface area contributed by atoms with Gasteiger partial charge in [-0.2, -0.15) is 0 Å². The van der Waals surface area contributed by atoms with Crippen LogP contribution in [0, 0.1) is 0 Å². The van der Waals surface area contributed by atoms with Crippen LogP contribution in [0.5, 0.6) is 0 Å². The molecule has 1 aliphatic heterocycles. The third-order valence-corrected chi connectivity index (χ3v) is 3.86.